The number of rotatable bonds is 6. The Morgan fingerprint density at radius 3 is 2.39 bits per heavy atom. The van der Waals surface area contributed by atoms with Crippen molar-refractivity contribution >= 4 is 5.91 Å². The van der Waals surface area contributed by atoms with Crippen molar-refractivity contribution in [2.75, 3.05) is 27.7 Å². The Labute approximate surface area is 111 Å². The molecule has 1 unspecified atom stereocenters. The first-order valence-corrected chi connectivity index (χ1v) is 7.11. The average Bonchev–Trinajstić information content (AvgIpc) is 2.36. The van der Waals surface area contributed by atoms with Crippen molar-refractivity contribution < 1.29 is 4.79 Å². The summed E-state index contributed by atoms with van der Waals surface area (Å²) in [6, 6.07) is 0.380. The van der Waals surface area contributed by atoms with Gasteiger partial charge in [-0.3, -0.25) is 4.79 Å². The van der Waals surface area contributed by atoms with Crippen LogP contribution in [-0.2, 0) is 4.79 Å². The third kappa shape index (κ3) is 4.58. The van der Waals surface area contributed by atoms with E-state index in [0.29, 0.717) is 12.5 Å². The molecule has 1 amide bonds. The lowest BCUT2D eigenvalue weighted by Crippen LogP contribution is -2.49. The van der Waals surface area contributed by atoms with Crippen molar-refractivity contribution in [1.82, 2.24) is 15.5 Å². The number of carbonyl (C=O) groups excluding carboxylic acids is 1. The minimum Gasteiger partial charge on any atom is -0.354 e. The maximum Gasteiger partial charge on any atom is 0.221 e. The highest BCUT2D eigenvalue weighted by molar-refractivity contribution is 5.77. The Bertz CT molecular complexity index is 260. The third-order valence-corrected chi connectivity index (χ3v) is 4.32. The zero-order chi connectivity index (χ0) is 13.6. The first-order chi connectivity index (χ1) is 8.49. The molecule has 0 aliphatic heterocycles. The van der Waals surface area contributed by atoms with Gasteiger partial charge in [0.25, 0.3) is 0 Å². The molecule has 1 atom stereocenters. The van der Waals surface area contributed by atoms with Gasteiger partial charge in [0.05, 0.1) is 0 Å². The molecule has 1 rings (SSSR count). The second-order valence-corrected chi connectivity index (χ2v) is 5.88. The molecule has 4 heteroatoms. The maximum atomic E-state index is 12.0. The number of hydrogen-bond acceptors (Lipinski definition) is 3. The average molecular weight is 255 g/mol. The lowest BCUT2D eigenvalue weighted by Gasteiger charge is -2.36. The molecule has 0 aromatic rings. The van der Waals surface area contributed by atoms with Gasteiger partial charge in [0.2, 0.25) is 5.91 Å². The van der Waals surface area contributed by atoms with E-state index in [-0.39, 0.29) is 11.4 Å². The minimum atomic E-state index is 0.0453. The van der Waals surface area contributed by atoms with Crippen LogP contribution in [0.2, 0.25) is 0 Å². The van der Waals surface area contributed by atoms with E-state index in [4.69, 9.17) is 0 Å². The van der Waals surface area contributed by atoms with Crippen molar-refractivity contribution in [3.8, 4) is 0 Å². The molecule has 1 saturated carbocycles. The van der Waals surface area contributed by atoms with Crippen LogP contribution in [0.4, 0.5) is 0 Å². The lowest BCUT2D eigenvalue weighted by molar-refractivity contribution is -0.123. The second kappa shape index (κ2) is 7.10. The molecule has 0 heterocycles. The van der Waals surface area contributed by atoms with Gasteiger partial charge in [0.15, 0.2) is 0 Å². The summed E-state index contributed by atoms with van der Waals surface area (Å²) in [6.45, 7) is 2.85. The number of likely N-dealkylation sites (N-methyl/N-ethyl adjacent to an activating group) is 1. The zero-order valence-electron chi connectivity index (χ0n) is 12.4. The fourth-order valence-electron chi connectivity index (χ4n) is 2.56. The van der Waals surface area contributed by atoms with Crippen LogP contribution in [0.5, 0.6) is 0 Å². The van der Waals surface area contributed by atoms with E-state index in [1.165, 1.54) is 19.3 Å². The van der Waals surface area contributed by atoms with Gasteiger partial charge in [-0.05, 0) is 40.9 Å². The van der Waals surface area contributed by atoms with Crippen molar-refractivity contribution in [2.24, 2.45) is 0 Å². The van der Waals surface area contributed by atoms with E-state index in [2.05, 4.69) is 22.5 Å². The van der Waals surface area contributed by atoms with Crippen molar-refractivity contribution in [3.63, 3.8) is 0 Å². The molecule has 106 valence electrons. The van der Waals surface area contributed by atoms with Gasteiger partial charge >= 0.3 is 0 Å². The first-order valence-electron chi connectivity index (χ1n) is 7.11. The van der Waals surface area contributed by atoms with Crippen molar-refractivity contribution in [1.29, 1.82) is 0 Å². The van der Waals surface area contributed by atoms with E-state index >= 15 is 0 Å². The highest BCUT2D eigenvalue weighted by Crippen LogP contribution is 2.30. The van der Waals surface area contributed by atoms with E-state index in [1.807, 2.05) is 21.1 Å². The Morgan fingerprint density at radius 2 is 1.89 bits per heavy atom. The van der Waals surface area contributed by atoms with Gasteiger partial charge < -0.3 is 15.5 Å². The molecular formula is C14H29N3O. The number of nitrogens with one attached hydrogen (secondary N) is 2. The second-order valence-electron chi connectivity index (χ2n) is 5.88. The van der Waals surface area contributed by atoms with E-state index < -0.39 is 0 Å². The van der Waals surface area contributed by atoms with Gasteiger partial charge in [-0.2, -0.15) is 0 Å². The largest absolute Gasteiger partial charge is 0.354 e. The number of hydrogen-bond donors (Lipinski definition) is 2. The summed E-state index contributed by atoms with van der Waals surface area (Å²) in [4.78, 5) is 14.2. The molecule has 1 aliphatic carbocycles. The minimum absolute atomic E-state index is 0.0453. The molecule has 1 fully saturated rings. The highest BCUT2D eigenvalue weighted by atomic mass is 16.1. The quantitative estimate of drug-likeness (QED) is 0.753. The Kier molecular flexibility index (Phi) is 6.09. The summed E-state index contributed by atoms with van der Waals surface area (Å²) in [6.07, 6.45) is 6.65. The number of carbonyl (C=O) groups is 1. The van der Waals surface area contributed by atoms with Crippen LogP contribution in [0.3, 0.4) is 0 Å². The topological polar surface area (TPSA) is 44.4 Å². The van der Waals surface area contributed by atoms with E-state index in [9.17, 15) is 4.79 Å². The molecule has 0 aromatic carbocycles. The molecule has 4 nitrogen and oxygen atoms in total. The molecule has 1 aliphatic rings. The third-order valence-electron chi connectivity index (χ3n) is 4.32. The summed E-state index contributed by atoms with van der Waals surface area (Å²) in [5.41, 5.74) is 0.0453. The number of nitrogens with zero attached hydrogens (tertiary/aromatic N) is 1. The first kappa shape index (κ1) is 15.4. The fraction of sp³-hybridized carbons (Fsp3) is 0.929. The van der Waals surface area contributed by atoms with E-state index in [0.717, 1.165) is 19.4 Å². The van der Waals surface area contributed by atoms with Crippen LogP contribution in [0, 0.1) is 0 Å². The van der Waals surface area contributed by atoms with Crippen LogP contribution in [0.15, 0.2) is 0 Å². The van der Waals surface area contributed by atoms with Gasteiger partial charge in [-0.1, -0.05) is 19.3 Å². The lowest BCUT2D eigenvalue weighted by atomic mass is 9.79. The van der Waals surface area contributed by atoms with Gasteiger partial charge in [-0.25, -0.2) is 0 Å². The van der Waals surface area contributed by atoms with Crippen LogP contribution < -0.4 is 10.6 Å². The maximum absolute atomic E-state index is 12.0. The van der Waals surface area contributed by atoms with Crippen LogP contribution in [0.25, 0.3) is 0 Å². The van der Waals surface area contributed by atoms with Gasteiger partial charge in [0.1, 0.15) is 0 Å². The monoisotopic (exact) mass is 255 g/mol. The van der Waals surface area contributed by atoms with Crippen molar-refractivity contribution in [2.45, 2.75) is 57.0 Å². The SMILES string of the molecule is CNC1(CC(=O)NCC(C)N(C)C)CCCCC1. The summed E-state index contributed by atoms with van der Waals surface area (Å²) < 4.78 is 0. The fourth-order valence-corrected chi connectivity index (χ4v) is 2.56. The molecule has 0 bridgehead atoms. The van der Waals surface area contributed by atoms with Crippen LogP contribution in [0.1, 0.15) is 45.4 Å². The smallest absolute Gasteiger partial charge is 0.221 e. The molecule has 0 aromatic heterocycles. The van der Waals surface area contributed by atoms with E-state index in [1.54, 1.807) is 0 Å². The van der Waals surface area contributed by atoms with Gasteiger partial charge in [0, 0.05) is 24.5 Å². The summed E-state index contributed by atoms with van der Waals surface area (Å²) >= 11 is 0. The molecule has 18 heavy (non-hydrogen) atoms. The standard InChI is InChI=1S/C14H29N3O/c1-12(17(3)4)11-16-13(18)10-14(15-2)8-6-5-7-9-14/h12,15H,5-11H2,1-4H3,(H,16,18). The molecule has 0 saturated heterocycles. The summed E-state index contributed by atoms with van der Waals surface area (Å²) in [5, 5.41) is 6.44. The predicted molar refractivity (Wildman–Crippen MR) is 75.7 cm³/mol. The number of amides is 1. The normalized spacial score (nSPS) is 20.7. The molecule has 0 spiro atoms. The summed E-state index contributed by atoms with van der Waals surface area (Å²) in [5.74, 6) is 0.181. The van der Waals surface area contributed by atoms with Crippen LogP contribution >= 0.6 is 0 Å². The van der Waals surface area contributed by atoms with Crippen molar-refractivity contribution in [3.05, 3.63) is 0 Å². The van der Waals surface area contributed by atoms with Gasteiger partial charge in [-0.15, -0.1) is 0 Å². The Morgan fingerprint density at radius 1 is 1.28 bits per heavy atom. The predicted octanol–water partition coefficient (Wildman–Crippen LogP) is 1.37. The molecular weight excluding hydrogens is 226 g/mol. The Hall–Kier alpha value is -0.610. The van der Waals surface area contributed by atoms with Crippen LogP contribution in [-0.4, -0.2) is 50.1 Å². The Balaban J connectivity index is 2.38. The molecule has 0 radical (unpaired) electrons. The zero-order valence-corrected chi connectivity index (χ0v) is 12.4. The molecule has 2 N–H and O–H groups in total. The summed E-state index contributed by atoms with van der Waals surface area (Å²) in [7, 11) is 6.06. The highest BCUT2D eigenvalue weighted by Gasteiger charge is 2.32.